The van der Waals surface area contributed by atoms with Crippen molar-refractivity contribution in [3.8, 4) is 5.88 Å². The molecule has 0 saturated carbocycles. The summed E-state index contributed by atoms with van der Waals surface area (Å²) in [5.41, 5.74) is 7.47. The summed E-state index contributed by atoms with van der Waals surface area (Å²) < 4.78 is 6.79. The van der Waals surface area contributed by atoms with Gasteiger partial charge in [0, 0.05) is 31.4 Å². The van der Waals surface area contributed by atoms with Gasteiger partial charge >= 0.3 is 0 Å². The van der Waals surface area contributed by atoms with Crippen LogP contribution in [-0.2, 0) is 13.6 Å². The van der Waals surface area contributed by atoms with E-state index >= 15 is 0 Å². The number of nitrogens with two attached hydrogens (primary N) is 1. The molecule has 0 amide bonds. The maximum atomic E-state index is 5.81. The number of nitrogens with one attached hydrogen (secondary N) is 1. The molecule has 0 bridgehead atoms. The zero-order chi connectivity index (χ0) is 12.3. The number of aromatic nitrogens is 3. The molecule has 2 heterocycles. The predicted octanol–water partition coefficient (Wildman–Crippen LogP) is 1.02. The molecule has 6 heteroatoms. The van der Waals surface area contributed by atoms with Crippen LogP contribution in [0.25, 0.3) is 0 Å². The van der Waals surface area contributed by atoms with Crippen LogP contribution in [0.2, 0.25) is 0 Å². The number of rotatable bonds is 4. The third kappa shape index (κ3) is 2.66. The summed E-state index contributed by atoms with van der Waals surface area (Å²) in [6, 6.07) is 3.49. The van der Waals surface area contributed by atoms with Crippen LogP contribution in [0, 0.1) is 0 Å². The second kappa shape index (κ2) is 4.73. The van der Waals surface area contributed by atoms with E-state index in [1.54, 1.807) is 30.1 Å². The maximum absolute atomic E-state index is 5.81. The number of nitrogen functional groups attached to an aromatic ring is 1. The van der Waals surface area contributed by atoms with Crippen molar-refractivity contribution in [1.82, 2.24) is 14.8 Å². The molecule has 2 aromatic heterocycles. The van der Waals surface area contributed by atoms with E-state index in [-0.39, 0.29) is 0 Å². The summed E-state index contributed by atoms with van der Waals surface area (Å²) in [6.07, 6.45) is 3.73. The van der Waals surface area contributed by atoms with Crippen LogP contribution >= 0.6 is 0 Å². The average molecular weight is 233 g/mol. The largest absolute Gasteiger partial charge is 0.481 e. The molecule has 0 fully saturated rings. The van der Waals surface area contributed by atoms with Gasteiger partial charge in [-0.2, -0.15) is 10.1 Å². The van der Waals surface area contributed by atoms with Gasteiger partial charge in [-0.1, -0.05) is 0 Å². The zero-order valence-corrected chi connectivity index (χ0v) is 9.84. The lowest BCUT2D eigenvalue weighted by atomic mass is 10.3. The fourth-order valence-electron chi connectivity index (χ4n) is 1.46. The minimum Gasteiger partial charge on any atom is -0.481 e. The van der Waals surface area contributed by atoms with Gasteiger partial charge in [-0.3, -0.25) is 4.68 Å². The van der Waals surface area contributed by atoms with Gasteiger partial charge in [0.05, 0.1) is 19.0 Å². The molecule has 2 rings (SSSR count). The smallest absolute Gasteiger partial charge is 0.215 e. The van der Waals surface area contributed by atoms with Crippen molar-refractivity contribution in [3.63, 3.8) is 0 Å². The number of nitrogens with zero attached hydrogens (tertiary/aromatic N) is 3. The van der Waals surface area contributed by atoms with Crippen molar-refractivity contribution in [3.05, 3.63) is 30.1 Å². The standard InChI is InChI=1S/C11H15N5O/c1-16-7-8(6-14-16)5-13-11-9(12)3-4-10(15-11)17-2/h3-4,6-7H,5,12H2,1-2H3,(H,13,15). The molecule has 0 radical (unpaired) electrons. The van der Waals surface area contributed by atoms with E-state index in [0.717, 1.165) is 5.56 Å². The first-order valence-corrected chi connectivity index (χ1v) is 5.21. The van der Waals surface area contributed by atoms with Gasteiger partial charge in [-0.15, -0.1) is 0 Å². The van der Waals surface area contributed by atoms with E-state index in [9.17, 15) is 0 Å². The number of methoxy groups -OCH3 is 1. The molecule has 0 atom stereocenters. The van der Waals surface area contributed by atoms with Crippen molar-refractivity contribution in [2.24, 2.45) is 7.05 Å². The van der Waals surface area contributed by atoms with E-state index in [1.807, 2.05) is 13.2 Å². The number of aryl methyl sites for hydroxylation is 1. The van der Waals surface area contributed by atoms with Gasteiger partial charge in [-0.25, -0.2) is 0 Å². The van der Waals surface area contributed by atoms with Crippen molar-refractivity contribution < 1.29 is 4.74 Å². The van der Waals surface area contributed by atoms with Crippen molar-refractivity contribution in [2.75, 3.05) is 18.2 Å². The molecule has 0 unspecified atom stereocenters. The van der Waals surface area contributed by atoms with Crippen molar-refractivity contribution >= 4 is 11.5 Å². The number of pyridine rings is 1. The summed E-state index contributed by atoms with van der Waals surface area (Å²) in [6.45, 7) is 0.623. The highest BCUT2D eigenvalue weighted by Crippen LogP contribution is 2.19. The van der Waals surface area contributed by atoms with E-state index < -0.39 is 0 Å². The first kappa shape index (κ1) is 11.3. The first-order valence-electron chi connectivity index (χ1n) is 5.21. The highest BCUT2D eigenvalue weighted by Gasteiger charge is 2.03. The Hall–Kier alpha value is -2.24. The second-order valence-electron chi connectivity index (χ2n) is 3.67. The third-order valence-corrected chi connectivity index (χ3v) is 2.33. The van der Waals surface area contributed by atoms with E-state index in [2.05, 4.69) is 15.4 Å². The minimum absolute atomic E-state index is 0.535. The number of hydrogen-bond acceptors (Lipinski definition) is 5. The highest BCUT2D eigenvalue weighted by atomic mass is 16.5. The van der Waals surface area contributed by atoms with Crippen molar-refractivity contribution in [2.45, 2.75) is 6.54 Å². The SMILES string of the molecule is COc1ccc(N)c(NCc2cnn(C)c2)n1. The summed E-state index contributed by atoms with van der Waals surface area (Å²) in [5, 5.41) is 7.23. The fourth-order valence-corrected chi connectivity index (χ4v) is 1.46. The Morgan fingerprint density at radius 3 is 2.94 bits per heavy atom. The second-order valence-corrected chi connectivity index (χ2v) is 3.67. The number of ether oxygens (including phenoxy) is 1. The van der Waals surface area contributed by atoms with E-state index in [4.69, 9.17) is 10.5 Å². The molecule has 0 spiro atoms. The van der Waals surface area contributed by atoms with Gasteiger partial charge in [-0.05, 0) is 6.07 Å². The van der Waals surface area contributed by atoms with Crippen LogP contribution < -0.4 is 15.8 Å². The Bertz CT molecular complexity index is 508. The molecular formula is C11H15N5O. The summed E-state index contributed by atoms with van der Waals surface area (Å²) in [7, 11) is 3.45. The molecule has 0 aliphatic heterocycles. The lowest BCUT2D eigenvalue weighted by Gasteiger charge is -2.08. The van der Waals surface area contributed by atoms with Gasteiger partial charge in [0.1, 0.15) is 0 Å². The summed E-state index contributed by atoms with van der Waals surface area (Å²) in [4.78, 5) is 4.23. The molecule has 3 N–H and O–H groups in total. The highest BCUT2D eigenvalue weighted by molar-refractivity contribution is 5.61. The van der Waals surface area contributed by atoms with Crippen LogP contribution in [0.3, 0.4) is 0 Å². The van der Waals surface area contributed by atoms with E-state index in [1.165, 1.54) is 0 Å². The first-order chi connectivity index (χ1) is 8.19. The molecule has 2 aromatic rings. The Labute approximate surface area is 99.4 Å². The Balaban J connectivity index is 2.07. The monoisotopic (exact) mass is 233 g/mol. The topological polar surface area (TPSA) is 78.0 Å². The molecule has 0 saturated heterocycles. The number of hydrogen-bond donors (Lipinski definition) is 2. The van der Waals surface area contributed by atoms with Crippen LogP contribution in [-0.4, -0.2) is 21.9 Å². The average Bonchev–Trinajstić information content (AvgIpc) is 2.74. The molecule has 90 valence electrons. The normalized spacial score (nSPS) is 10.2. The van der Waals surface area contributed by atoms with E-state index in [0.29, 0.717) is 23.9 Å². The van der Waals surface area contributed by atoms with Crippen LogP contribution in [0.4, 0.5) is 11.5 Å². The molecule has 6 nitrogen and oxygen atoms in total. The van der Waals surface area contributed by atoms with Gasteiger partial charge in [0.25, 0.3) is 0 Å². The van der Waals surface area contributed by atoms with Crippen LogP contribution in [0.5, 0.6) is 5.88 Å². The lowest BCUT2D eigenvalue weighted by Crippen LogP contribution is -2.04. The van der Waals surface area contributed by atoms with Gasteiger partial charge in [0.2, 0.25) is 5.88 Å². The predicted molar refractivity (Wildman–Crippen MR) is 65.7 cm³/mol. The Morgan fingerprint density at radius 1 is 1.47 bits per heavy atom. The fraction of sp³-hybridized carbons (Fsp3) is 0.273. The Morgan fingerprint density at radius 2 is 2.29 bits per heavy atom. The lowest BCUT2D eigenvalue weighted by molar-refractivity contribution is 0.398. The molecular weight excluding hydrogens is 218 g/mol. The quantitative estimate of drug-likeness (QED) is 0.824. The van der Waals surface area contributed by atoms with Gasteiger partial charge < -0.3 is 15.8 Å². The zero-order valence-electron chi connectivity index (χ0n) is 9.84. The van der Waals surface area contributed by atoms with Gasteiger partial charge in [0.15, 0.2) is 5.82 Å². The molecule has 0 aliphatic rings. The molecule has 17 heavy (non-hydrogen) atoms. The molecule has 0 aromatic carbocycles. The Kier molecular flexibility index (Phi) is 3.13. The third-order valence-electron chi connectivity index (χ3n) is 2.33. The maximum Gasteiger partial charge on any atom is 0.215 e. The van der Waals surface area contributed by atoms with Crippen LogP contribution in [0.1, 0.15) is 5.56 Å². The van der Waals surface area contributed by atoms with Crippen LogP contribution in [0.15, 0.2) is 24.5 Å². The molecule has 0 aliphatic carbocycles. The summed E-state index contributed by atoms with van der Waals surface area (Å²) in [5.74, 6) is 1.15. The minimum atomic E-state index is 0.535. The van der Waals surface area contributed by atoms with Crippen molar-refractivity contribution in [1.29, 1.82) is 0 Å². The number of anilines is 2. The summed E-state index contributed by atoms with van der Waals surface area (Å²) >= 11 is 0.